The first kappa shape index (κ1) is 10.2. The van der Waals surface area contributed by atoms with Crippen LogP contribution in [0.25, 0.3) is 11.1 Å². The van der Waals surface area contributed by atoms with Gasteiger partial charge in [-0.25, -0.2) is 4.39 Å². The smallest absolute Gasteiger partial charge is 0.146 e. The van der Waals surface area contributed by atoms with E-state index < -0.39 is 0 Å². The Morgan fingerprint density at radius 3 is 2.53 bits per heavy atom. The predicted octanol–water partition coefficient (Wildman–Crippen LogP) is 3.84. The molecule has 0 amide bonds. The first-order valence-corrected chi connectivity index (χ1v) is 5.28. The van der Waals surface area contributed by atoms with Crippen LogP contribution in [-0.2, 0) is 0 Å². The van der Waals surface area contributed by atoms with Crippen LogP contribution in [0.3, 0.4) is 0 Å². The molecule has 76 valence electrons. The maximum atomic E-state index is 13.2. The van der Waals surface area contributed by atoms with Crippen molar-refractivity contribution in [2.24, 2.45) is 0 Å². The summed E-state index contributed by atoms with van der Waals surface area (Å²) < 4.78 is 14.2. The van der Waals surface area contributed by atoms with Crippen LogP contribution in [0.15, 0.2) is 46.9 Å². The number of hydrogen-bond donors (Lipinski definition) is 1. The van der Waals surface area contributed by atoms with E-state index in [9.17, 15) is 4.39 Å². The molecule has 2 aromatic rings. The van der Waals surface area contributed by atoms with Crippen molar-refractivity contribution in [3.63, 3.8) is 0 Å². The van der Waals surface area contributed by atoms with E-state index in [0.717, 1.165) is 15.6 Å². The number of halogens is 2. The summed E-state index contributed by atoms with van der Waals surface area (Å²) in [5.41, 5.74) is 7.49. The van der Waals surface area contributed by atoms with Gasteiger partial charge < -0.3 is 5.73 Å². The first-order valence-electron chi connectivity index (χ1n) is 4.48. The lowest BCUT2D eigenvalue weighted by Crippen LogP contribution is -1.93. The molecule has 0 atom stereocenters. The normalized spacial score (nSPS) is 10.3. The van der Waals surface area contributed by atoms with Gasteiger partial charge in [0.1, 0.15) is 5.82 Å². The van der Waals surface area contributed by atoms with E-state index in [1.807, 2.05) is 24.3 Å². The number of nitrogen functional groups attached to an aromatic ring is 1. The molecule has 0 aliphatic heterocycles. The standard InChI is InChI=1S/C12H9BrFN/c13-9-4-1-3-8(7-9)10-5-2-6-11(14)12(10)15/h1-7H,15H2. The molecule has 0 fully saturated rings. The molecule has 2 rings (SSSR count). The summed E-state index contributed by atoms with van der Waals surface area (Å²) in [5, 5.41) is 0. The van der Waals surface area contributed by atoms with E-state index in [-0.39, 0.29) is 11.5 Å². The number of rotatable bonds is 1. The lowest BCUT2D eigenvalue weighted by atomic mass is 10.0. The highest BCUT2D eigenvalue weighted by atomic mass is 79.9. The van der Waals surface area contributed by atoms with E-state index in [1.54, 1.807) is 12.1 Å². The molecular weight excluding hydrogens is 257 g/mol. The van der Waals surface area contributed by atoms with Gasteiger partial charge in [0, 0.05) is 10.0 Å². The number of hydrogen-bond acceptors (Lipinski definition) is 1. The number of para-hydroxylation sites is 1. The van der Waals surface area contributed by atoms with Gasteiger partial charge in [-0.2, -0.15) is 0 Å². The van der Waals surface area contributed by atoms with Crippen LogP contribution >= 0.6 is 15.9 Å². The second-order valence-corrected chi connectivity index (χ2v) is 4.13. The predicted molar refractivity (Wildman–Crippen MR) is 63.9 cm³/mol. The highest BCUT2D eigenvalue weighted by molar-refractivity contribution is 9.10. The first-order chi connectivity index (χ1) is 7.18. The Morgan fingerprint density at radius 1 is 1.07 bits per heavy atom. The van der Waals surface area contributed by atoms with Crippen molar-refractivity contribution < 1.29 is 4.39 Å². The molecule has 15 heavy (non-hydrogen) atoms. The highest BCUT2D eigenvalue weighted by Crippen LogP contribution is 2.29. The van der Waals surface area contributed by atoms with E-state index in [4.69, 9.17) is 5.73 Å². The van der Waals surface area contributed by atoms with Crippen molar-refractivity contribution >= 4 is 21.6 Å². The lowest BCUT2D eigenvalue weighted by Gasteiger charge is -2.06. The van der Waals surface area contributed by atoms with Crippen molar-refractivity contribution in [3.8, 4) is 11.1 Å². The van der Waals surface area contributed by atoms with Crippen LogP contribution in [0, 0.1) is 5.82 Å². The van der Waals surface area contributed by atoms with Gasteiger partial charge in [0.15, 0.2) is 0 Å². The quantitative estimate of drug-likeness (QED) is 0.780. The highest BCUT2D eigenvalue weighted by Gasteiger charge is 2.06. The molecule has 2 N–H and O–H groups in total. The number of nitrogens with two attached hydrogens (primary N) is 1. The fraction of sp³-hybridized carbons (Fsp3) is 0. The second kappa shape index (κ2) is 4.03. The van der Waals surface area contributed by atoms with Gasteiger partial charge >= 0.3 is 0 Å². The van der Waals surface area contributed by atoms with Crippen LogP contribution < -0.4 is 5.73 Å². The Hall–Kier alpha value is -1.35. The third-order valence-corrected chi connectivity index (χ3v) is 2.68. The Morgan fingerprint density at radius 2 is 1.80 bits per heavy atom. The minimum Gasteiger partial charge on any atom is -0.396 e. The molecule has 0 bridgehead atoms. The van der Waals surface area contributed by atoms with E-state index >= 15 is 0 Å². The monoisotopic (exact) mass is 265 g/mol. The summed E-state index contributed by atoms with van der Waals surface area (Å²) in [6, 6.07) is 12.4. The zero-order valence-electron chi connectivity index (χ0n) is 7.87. The number of anilines is 1. The maximum Gasteiger partial charge on any atom is 0.146 e. The molecule has 2 aromatic carbocycles. The molecule has 0 aromatic heterocycles. The fourth-order valence-corrected chi connectivity index (χ4v) is 1.84. The van der Waals surface area contributed by atoms with Crippen molar-refractivity contribution in [3.05, 3.63) is 52.8 Å². The number of benzene rings is 2. The molecule has 3 heteroatoms. The average Bonchev–Trinajstić information content (AvgIpc) is 2.22. The molecule has 0 saturated heterocycles. The topological polar surface area (TPSA) is 26.0 Å². The minimum absolute atomic E-state index is 0.190. The molecule has 0 aliphatic carbocycles. The van der Waals surface area contributed by atoms with Gasteiger partial charge in [-0.15, -0.1) is 0 Å². The third kappa shape index (κ3) is 2.02. The van der Waals surface area contributed by atoms with Gasteiger partial charge in [-0.05, 0) is 23.8 Å². The van der Waals surface area contributed by atoms with Gasteiger partial charge in [0.2, 0.25) is 0 Å². The molecular formula is C12H9BrFN. The summed E-state index contributed by atoms with van der Waals surface area (Å²) >= 11 is 3.37. The van der Waals surface area contributed by atoms with E-state index in [2.05, 4.69) is 15.9 Å². The maximum absolute atomic E-state index is 13.2. The largest absolute Gasteiger partial charge is 0.396 e. The van der Waals surface area contributed by atoms with E-state index in [0.29, 0.717) is 0 Å². The van der Waals surface area contributed by atoms with Gasteiger partial charge in [-0.3, -0.25) is 0 Å². The Balaban J connectivity index is 2.59. The Kier molecular flexibility index (Phi) is 2.73. The molecule has 0 unspecified atom stereocenters. The molecule has 1 nitrogen and oxygen atoms in total. The molecule has 0 heterocycles. The fourth-order valence-electron chi connectivity index (χ4n) is 1.44. The summed E-state index contributed by atoms with van der Waals surface area (Å²) in [6.07, 6.45) is 0. The van der Waals surface area contributed by atoms with Crippen molar-refractivity contribution in [1.29, 1.82) is 0 Å². The molecule has 0 saturated carbocycles. The molecule has 0 spiro atoms. The van der Waals surface area contributed by atoms with Crippen LogP contribution in [0.1, 0.15) is 0 Å². The SMILES string of the molecule is Nc1c(F)cccc1-c1cccc(Br)c1. The van der Waals surface area contributed by atoms with Crippen LogP contribution in [0.2, 0.25) is 0 Å². The molecule has 0 radical (unpaired) electrons. The van der Waals surface area contributed by atoms with Gasteiger partial charge in [0.05, 0.1) is 5.69 Å². The summed E-state index contributed by atoms with van der Waals surface area (Å²) in [6.45, 7) is 0. The van der Waals surface area contributed by atoms with Crippen molar-refractivity contribution in [2.75, 3.05) is 5.73 Å². The van der Waals surface area contributed by atoms with Crippen LogP contribution in [-0.4, -0.2) is 0 Å². The third-order valence-electron chi connectivity index (χ3n) is 2.19. The summed E-state index contributed by atoms with van der Waals surface area (Å²) in [5.74, 6) is -0.382. The summed E-state index contributed by atoms with van der Waals surface area (Å²) in [4.78, 5) is 0. The minimum atomic E-state index is -0.382. The van der Waals surface area contributed by atoms with Crippen molar-refractivity contribution in [1.82, 2.24) is 0 Å². The molecule has 0 aliphatic rings. The van der Waals surface area contributed by atoms with Gasteiger partial charge in [-0.1, -0.05) is 40.2 Å². The van der Waals surface area contributed by atoms with Crippen LogP contribution in [0.4, 0.5) is 10.1 Å². The summed E-state index contributed by atoms with van der Waals surface area (Å²) in [7, 11) is 0. The lowest BCUT2D eigenvalue weighted by molar-refractivity contribution is 0.633. The van der Waals surface area contributed by atoms with E-state index in [1.165, 1.54) is 6.07 Å². The van der Waals surface area contributed by atoms with Crippen LogP contribution in [0.5, 0.6) is 0 Å². The Bertz CT molecular complexity index is 497. The zero-order chi connectivity index (χ0) is 10.8. The van der Waals surface area contributed by atoms with Gasteiger partial charge in [0.25, 0.3) is 0 Å². The second-order valence-electron chi connectivity index (χ2n) is 3.21. The Labute approximate surface area is 95.9 Å². The van der Waals surface area contributed by atoms with Crippen molar-refractivity contribution in [2.45, 2.75) is 0 Å². The average molecular weight is 266 g/mol. The zero-order valence-corrected chi connectivity index (χ0v) is 9.46.